The molecule has 0 amide bonds. The van der Waals surface area contributed by atoms with Crippen LogP contribution in [0.5, 0.6) is 0 Å². The average Bonchev–Trinajstić information content (AvgIpc) is 2.98. The van der Waals surface area contributed by atoms with Crippen LogP contribution in [-0.4, -0.2) is 35.1 Å². The van der Waals surface area contributed by atoms with E-state index in [1.54, 1.807) is 0 Å². The van der Waals surface area contributed by atoms with Gasteiger partial charge < -0.3 is 4.43 Å². The number of ketones is 1. The minimum Gasteiger partial charge on any atom is -0.417 e. The van der Waals surface area contributed by atoms with Crippen LogP contribution in [-0.2, 0) is 16.3 Å². The highest BCUT2D eigenvalue weighted by atomic mass is 28.4. The molecule has 0 aliphatic heterocycles. The number of nitrogens with zero attached hydrogens (tertiary/aromatic N) is 2. The molecule has 0 spiro atoms. The lowest BCUT2D eigenvalue weighted by Gasteiger charge is -2.36. The second-order valence-corrected chi connectivity index (χ2v) is 15.0. The van der Waals surface area contributed by atoms with Gasteiger partial charge in [0.15, 0.2) is 8.32 Å². The Balaban J connectivity index is 1.66. The molecule has 3 rings (SSSR count). The predicted molar refractivity (Wildman–Crippen MR) is 129 cm³/mol. The van der Waals surface area contributed by atoms with Gasteiger partial charge in [-0.15, -0.1) is 0 Å². The summed E-state index contributed by atoms with van der Waals surface area (Å²) in [5, 5.41) is 2.78. The van der Waals surface area contributed by atoms with Crippen LogP contribution >= 0.6 is 0 Å². The molecule has 8 heteroatoms. The summed E-state index contributed by atoms with van der Waals surface area (Å²) in [5.74, 6) is 0.166. The van der Waals surface area contributed by atoms with Gasteiger partial charge in [0, 0.05) is 32.4 Å². The highest BCUT2D eigenvalue weighted by molar-refractivity contribution is 6.74. The fourth-order valence-corrected chi connectivity index (χ4v) is 4.88. The van der Waals surface area contributed by atoms with E-state index in [0.29, 0.717) is 19.4 Å². The van der Waals surface area contributed by atoms with Gasteiger partial charge in [-0.3, -0.25) is 4.79 Å². The van der Waals surface area contributed by atoms with Crippen molar-refractivity contribution in [1.29, 1.82) is 0 Å². The number of hydrogen-bond donors (Lipinski definition) is 1. The molecule has 1 aliphatic rings. The molecule has 1 aromatic carbocycles. The van der Waals surface area contributed by atoms with Crippen molar-refractivity contribution in [2.45, 2.75) is 70.1 Å². The van der Waals surface area contributed by atoms with Crippen LogP contribution in [0.25, 0.3) is 0 Å². The number of carbonyl (C=O) groups is 1. The SMILES string of the molecule is Cn1c(=O)[nH]n([C@@H]2C=C[C@H](CC(=O)CCCO[Si](C)(C)C(C)(C)C)c3ccccc32)c1=O. The maximum atomic E-state index is 12.7. The quantitative estimate of drug-likeness (QED) is 0.370. The summed E-state index contributed by atoms with van der Waals surface area (Å²) in [4.78, 5) is 37.0. The lowest BCUT2D eigenvalue weighted by atomic mass is 9.82. The third-order valence-corrected chi connectivity index (χ3v) is 11.4. The topological polar surface area (TPSA) is 86.1 Å². The molecule has 0 saturated carbocycles. The average molecular weight is 458 g/mol. The summed E-state index contributed by atoms with van der Waals surface area (Å²) in [6.07, 6.45) is 5.52. The molecule has 7 nitrogen and oxygen atoms in total. The van der Waals surface area contributed by atoms with Crippen molar-refractivity contribution >= 4 is 14.1 Å². The van der Waals surface area contributed by atoms with E-state index in [4.69, 9.17) is 4.43 Å². The molecule has 0 saturated heterocycles. The van der Waals surface area contributed by atoms with E-state index in [1.165, 1.54) is 11.7 Å². The van der Waals surface area contributed by atoms with Crippen molar-refractivity contribution < 1.29 is 9.22 Å². The molecule has 0 unspecified atom stereocenters. The maximum absolute atomic E-state index is 12.7. The normalized spacial score (nSPS) is 18.6. The Labute approximate surface area is 190 Å². The van der Waals surface area contributed by atoms with E-state index in [0.717, 1.165) is 22.1 Å². The maximum Gasteiger partial charge on any atom is 0.347 e. The number of carbonyl (C=O) groups excluding carboxylic acids is 1. The number of H-pyrrole nitrogens is 1. The molecule has 2 atom stereocenters. The van der Waals surface area contributed by atoms with Gasteiger partial charge in [-0.2, -0.15) is 0 Å². The second-order valence-electron chi connectivity index (χ2n) is 10.1. The number of aromatic nitrogens is 3. The largest absolute Gasteiger partial charge is 0.417 e. The summed E-state index contributed by atoms with van der Waals surface area (Å²) in [5.41, 5.74) is 1.11. The van der Waals surface area contributed by atoms with Gasteiger partial charge in [0.2, 0.25) is 0 Å². The molecule has 1 N–H and O–H groups in total. The Morgan fingerprint density at radius 3 is 2.38 bits per heavy atom. The number of allylic oxidation sites excluding steroid dienone is 2. The number of benzene rings is 1. The number of rotatable bonds is 8. The van der Waals surface area contributed by atoms with E-state index < -0.39 is 25.7 Å². The first-order valence-corrected chi connectivity index (χ1v) is 14.1. The minimum atomic E-state index is -1.79. The molecule has 1 aliphatic carbocycles. The zero-order chi connectivity index (χ0) is 23.7. The van der Waals surface area contributed by atoms with Gasteiger partial charge in [0.25, 0.3) is 0 Å². The standard InChI is InChI=1S/C24H35N3O4Si/c1-24(2,3)32(5,6)31-15-9-10-18(28)16-17-13-14-21(20-12-8-7-11-19(17)20)27-23(30)26(4)22(29)25-27/h7-8,11-14,17,21H,9-10,15-16H2,1-6H3,(H,25,29)/t17-,21-/m1/s1. The Kier molecular flexibility index (Phi) is 6.95. The fourth-order valence-electron chi connectivity index (χ4n) is 3.79. The fraction of sp³-hybridized carbons (Fsp3) is 0.542. The van der Waals surface area contributed by atoms with Crippen LogP contribution in [0, 0.1) is 0 Å². The van der Waals surface area contributed by atoms with E-state index >= 15 is 0 Å². The Hall–Kier alpha value is -2.45. The summed E-state index contributed by atoms with van der Waals surface area (Å²) in [6.45, 7) is 11.7. The first kappa shape index (κ1) is 24.2. The molecule has 0 fully saturated rings. The summed E-state index contributed by atoms with van der Waals surface area (Å²) < 4.78 is 8.58. The van der Waals surface area contributed by atoms with E-state index in [1.807, 2.05) is 36.4 Å². The highest BCUT2D eigenvalue weighted by Crippen LogP contribution is 2.37. The highest BCUT2D eigenvalue weighted by Gasteiger charge is 2.36. The van der Waals surface area contributed by atoms with Crippen LogP contribution in [0.2, 0.25) is 18.1 Å². The van der Waals surface area contributed by atoms with Gasteiger partial charge in [-0.1, -0.05) is 57.2 Å². The summed E-state index contributed by atoms with van der Waals surface area (Å²) in [6, 6.07) is 7.41. The van der Waals surface area contributed by atoms with Crippen LogP contribution < -0.4 is 11.4 Å². The predicted octanol–water partition coefficient (Wildman–Crippen LogP) is 3.88. The number of hydrogen-bond acceptors (Lipinski definition) is 4. The monoisotopic (exact) mass is 457 g/mol. The van der Waals surface area contributed by atoms with E-state index in [-0.39, 0.29) is 16.7 Å². The third-order valence-electron chi connectivity index (χ3n) is 6.85. The minimum absolute atomic E-state index is 0.0394. The molecule has 174 valence electrons. The molecule has 1 heterocycles. The summed E-state index contributed by atoms with van der Waals surface area (Å²) >= 11 is 0. The van der Waals surface area contributed by atoms with Gasteiger partial charge >= 0.3 is 11.4 Å². The lowest BCUT2D eigenvalue weighted by molar-refractivity contribution is -0.119. The third kappa shape index (κ3) is 4.96. The van der Waals surface area contributed by atoms with Gasteiger partial charge in [-0.05, 0) is 35.7 Å². The van der Waals surface area contributed by atoms with Crippen molar-refractivity contribution in [3.05, 3.63) is 68.5 Å². The van der Waals surface area contributed by atoms with Crippen LogP contribution in [0.15, 0.2) is 46.0 Å². The first-order chi connectivity index (χ1) is 14.9. The Morgan fingerprint density at radius 1 is 1.12 bits per heavy atom. The van der Waals surface area contributed by atoms with Crippen LogP contribution in [0.4, 0.5) is 0 Å². The number of aromatic amines is 1. The van der Waals surface area contributed by atoms with Crippen LogP contribution in [0.1, 0.15) is 63.1 Å². The number of Topliss-reactive ketones (excluding diaryl/α,β-unsaturated/α-hetero) is 1. The van der Waals surface area contributed by atoms with Crippen molar-refractivity contribution in [1.82, 2.24) is 14.3 Å². The number of nitrogens with one attached hydrogen (secondary N) is 1. The van der Waals surface area contributed by atoms with E-state index in [2.05, 4.69) is 39.0 Å². The Morgan fingerprint density at radius 2 is 1.78 bits per heavy atom. The molecule has 1 aromatic heterocycles. The molecule has 32 heavy (non-hydrogen) atoms. The van der Waals surface area contributed by atoms with Crippen molar-refractivity contribution in [3.63, 3.8) is 0 Å². The Bertz CT molecular complexity index is 1120. The number of fused-ring (bicyclic) bond motifs is 1. The zero-order valence-corrected chi connectivity index (χ0v) is 21.0. The van der Waals surface area contributed by atoms with Gasteiger partial charge in [-0.25, -0.2) is 23.9 Å². The second kappa shape index (κ2) is 9.19. The van der Waals surface area contributed by atoms with E-state index in [9.17, 15) is 14.4 Å². The molecule has 2 aromatic rings. The van der Waals surface area contributed by atoms with Crippen molar-refractivity contribution in [2.24, 2.45) is 7.05 Å². The molecular weight excluding hydrogens is 422 g/mol. The van der Waals surface area contributed by atoms with Crippen LogP contribution in [0.3, 0.4) is 0 Å². The van der Waals surface area contributed by atoms with Crippen molar-refractivity contribution in [2.75, 3.05) is 6.61 Å². The molecule has 0 radical (unpaired) electrons. The van der Waals surface area contributed by atoms with Gasteiger partial charge in [0.05, 0.1) is 6.04 Å². The molecular formula is C24H35N3O4Si. The summed E-state index contributed by atoms with van der Waals surface area (Å²) in [7, 11) is -0.340. The van der Waals surface area contributed by atoms with Crippen molar-refractivity contribution in [3.8, 4) is 0 Å². The van der Waals surface area contributed by atoms with Gasteiger partial charge in [0.1, 0.15) is 5.78 Å². The molecule has 0 bridgehead atoms. The first-order valence-electron chi connectivity index (χ1n) is 11.2. The zero-order valence-electron chi connectivity index (χ0n) is 20.0. The lowest BCUT2D eigenvalue weighted by Crippen LogP contribution is -2.41. The smallest absolute Gasteiger partial charge is 0.347 e.